The Balaban J connectivity index is 1.37. The van der Waals surface area contributed by atoms with Crippen LogP contribution in [0.15, 0.2) is 73.3 Å². The summed E-state index contributed by atoms with van der Waals surface area (Å²) < 4.78 is 3.45. The molecule has 1 fully saturated rings. The van der Waals surface area contributed by atoms with Crippen LogP contribution < -0.4 is 5.32 Å². The first-order valence-electron chi connectivity index (χ1n) is 10.1. The zero-order valence-corrected chi connectivity index (χ0v) is 16.6. The summed E-state index contributed by atoms with van der Waals surface area (Å²) in [6, 6.07) is 19.5. The highest BCUT2D eigenvalue weighted by atomic mass is 16.2. The van der Waals surface area contributed by atoms with E-state index in [2.05, 4.69) is 15.4 Å². The highest BCUT2D eigenvalue weighted by molar-refractivity contribution is 5.93. The van der Waals surface area contributed by atoms with Crippen LogP contribution in [0.5, 0.6) is 0 Å². The predicted molar refractivity (Wildman–Crippen MR) is 113 cm³/mol. The Morgan fingerprint density at radius 1 is 1.07 bits per heavy atom. The maximum Gasteiger partial charge on any atom is 0.270 e. The van der Waals surface area contributed by atoms with Gasteiger partial charge in [0.05, 0.1) is 23.1 Å². The number of nitrogens with one attached hydrogen (secondary N) is 1. The summed E-state index contributed by atoms with van der Waals surface area (Å²) in [5.74, 6) is 0.342. The Morgan fingerprint density at radius 2 is 1.83 bits per heavy atom. The maximum atomic E-state index is 13.1. The van der Waals surface area contributed by atoms with E-state index in [1.807, 2.05) is 67.6 Å². The van der Waals surface area contributed by atoms with Crippen LogP contribution >= 0.6 is 0 Å². The van der Waals surface area contributed by atoms with Crippen molar-refractivity contribution in [1.82, 2.24) is 29.9 Å². The zero-order valence-electron chi connectivity index (χ0n) is 16.6. The maximum absolute atomic E-state index is 13.1. The van der Waals surface area contributed by atoms with Crippen molar-refractivity contribution in [2.45, 2.75) is 31.7 Å². The molecule has 150 valence electrons. The molecule has 0 spiro atoms. The number of aromatic nitrogens is 5. The van der Waals surface area contributed by atoms with E-state index in [1.54, 1.807) is 15.7 Å². The molecule has 2 aromatic carbocycles. The molecule has 1 aliphatic carbocycles. The molecule has 0 radical (unpaired) electrons. The van der Waals surface area contributed by atoms with Gasteiger partial charge in [-0.1, -0.05) is 30.3 Å². The molecule has 1 N–H and O–H groups in total. The standard InChI is InChI=1S/C23H22N6O/c1-16(17-9-11-19(12-10-17)28-15-24-14-25-28)26-23(30)22-13-21(18-7-8-18)27-29(22)20-5-3-2-4-6-20/h2-6,9-16,18H,7-8H2,1H3,(H,26,30)/t16-/m1/s1. The lowest BCUT2D eigenvalue weighted by molar-refractivity contribution is 0.0932. The third-order valence-corrected chi connectivity index (χ3v) is 5.38. The average Bonchev–Trinajstić information content (AvgIpc) is 3.30. The Morgan fingerprint density at radius 3 is 2.50 bits per heavy atom. The van der Waals surface area contributed by atoms with Crippen LogP contribution in [0.3, 0.4) is 0 Å². The van der Waals surface area contributed by atoms with E-state index in [1.165, 1.54) is 6.33 Å². The summed E-state index contributed by atoms with van der Waals surface area (Å²) in [4.78, 5) is 17.1. The molecule has 2 heterocycles. The summed E-state index contributed by atoms with van der Waals surface area (Å²) in [6.07, 6.45) is 5.44. The van der Waals surface area contributed by atoms with Gasteiger partial charge in [0.2, 0.25) is 0 Å². The van der Waals surface area contributed by atoms with Crippen LogP contribution in [0.1, 0.15) is 53.5 Å². The molecule has 7 heteroatoms. The first-order chi connectivity index (χ1) is 14.7. The molecule has 7 nitrogen and oxygen atoms in total. The van der Waals surface area contributed by atoms with Crippen LogP contribution in [0.4, 0.5) is 0 Å². The molecule has 1 aliphatic rings. The number of benzene rings is 2. The van der Waals surface area contributed by atoms with Gasteiger partial charge in [-0.3, -0.25) is 4.79 Å². The third-order valence-electron chi connectivity index (χ3n) is 5.38. The van der Waals surface area contributed by atoms with Crippen LogP contribution in [0.25, 0.3) is 11.4 Å². The van der Waals surface area contributed by atoms with Crippen molar-refractivity contribution in [3.8, 4) is 11.4 Å². The Labute approximate surface area is 174 Å². The molecular formula is C23H22N6O. The number of para-hydroxylation sites is 1. The Hall–Kier alpha value is -3.74. The highest BCUT2D eigenvalue weighted by Crippen LogP contribution is 2.39. The van der Waals surface area contributed by atoms with Crippen molar-refractivity contribution in [3.05, 3.63) is 90.3 Å². The molecule has 4 aromatic rings. The normalized spacial score (nSPS) is 14.4. The zero-order chi connectivity index (χ0) is 20.5. The molecule has 1 amide bonds. The lowest BCUT2D eigenvalue weighted by atomic mass is 10.1. The summed E-state index contributed by atoms with van der Waals surface area (Å²) in [6.45, 7) is 1.98. The van der Waals surface area contributed by atoms with E-state index in [0.29, 0.717) is 11.6 Å². The second kappa shape index (κ2) is 7.59. The molecule has 1 saturated carbocycles. The quantitative estimate of drug-likeness (QED) is 0.536. The van der Waals surface area contributed by atoms with Gasteiger partial charge in [0.15, 0.2) is 0 Å². The van der Waals surface area contributed by atoms with Gasteiger partial charge in [-0.25, -0.2) is 14.3 Å². The molecule has 1 atom stereocenters. The van der Waals surface area contributed by atoms with Gasteiger partial charge in [0.25, 0.3) is 5.91 Å². The number of carbonyl (C=O) groups is 1. The van der Waals surface area contributed by atoms with E-state index in [0.717, 1.165) is 35.5 Å². The molecular weight excluding hydrogens is 376 g/mol. The smallest absolute Gasteiger partial charge is 0.270 e. The van der Waals surface area contributed by atoms with E-state index >= 15 is 0 Å². The third kappa shape index (κ3) is 3.61. The molecule has 0 unspecified atom stereocenters. The van der Waals surface area contributed by atoms with Gasteiger partial charge < -0.3 is 5.32 Å². The number of hydrogen-bond donors (Lipinski definition) is 1. The van der Waals surface area contributed by atoms with Crippen molar-refractivity contribution in [2.75, 3.05) is 0 Å². The van der Waals surface area contributed by atoms with Crippen molar-refractivity contribution >= 4 is 5.91 Å². The number of hydrogen-bond acceptors (Lipinski definition) is 4. The van der Waals surface area contributed by atoms with Gasteiger partial charge in [-0.05, 0) is 55.7 Å². The van der Waals surface area contributed by atoms with Crippen molar-refractivity contribution in [3.63, 3.8) is 0 Å². The Kier molecular flexibility index (Phi) is 4.63. The van der Waals surface area contributed by atoms with Crippen LogP contribution in [0.2, 0.25) is 0 Å². The molecule has 0 bridgehead atoms. The van der Waals surface area contributed by atoms with Crippen molar-refractivity contribution < 1.29 is 4.79 Å². The number of carbonyl (C=O) groups excluding carboxylic acids is 1. The highest BCUT2D eigenvalue weighted by Gasteiger charge is 2.29. The first kappa shape index (κ1) is 18.3. The van der Waals surface area contributed by atoms with Crippen LogP contribution in [-0.2, 0) is 0 Å². The summed E-state index contributed by atoms with van der Waals surface area (Å²) in [7, 11) is 0. The topological polar surface area (TPSA) is 77.6 Å². The molecule has 0 saturated heterocycles. The summed E-state index contributed by atoms with van der Waals surface area (Å²) in [5.41, 5.74) is 4.38. The van der Waals surface area contributed by atoms with Gasteiger partial charge >= 0.3 is 0 Å². The largest absolute Gasteiger partial charge is 0.344 e. The molecule has 0 aliphatic heterocycles. The lowest BCUT2D eigenvalue weighted by Crippen LogP contribution is -2.28. The monoisotopic (exact) mass is 398 g/mol. The Bertz CT molecular complexity index is 1140. The van der Waals surface area contributed by atoms with E-state index < -0.39 is 0 Å². The first-order valence-corrected chi connectivity index (χ1v) is 10.1. The second-order valence-electron chi connectivity index (χ2n) is 7.60. The summed E-state index contributed by atoms with van der Waals surface area (Å²) >= 11 is 0. The fourth-order valence-corrected chi connectivity index (χ4v) is 3.52. The van der Waals surface area contributed by atoms with Gasteiger partial charge in [-0.15, -0.1) is 0 Å². The van der Waals surface area contributed by atoms with Crippen molar-refractivity contribution in [2.24, 2.45) is 0 Å². The summed E-state index contributed by atoms with van der Waals surface area (Å²) in [5, 5.41) is 12.0. The predicted octanol–water partition coefficient (Wildman–Crippen LogP) is 3.82. The van der Waals surface area contributed by atoms with Crippen LogP contribution in [-0.4, -0.2) is 30.5 Å². The lowest BCUT2D eigenvalue weighted by Gasteiger charge is -2.15. The fourth-order valence-electron chi connectivity index (χ4n) is 3.52. The minimum Gasteiger partial charge on any atom is -0.344 e. The van der Waals surface area contributed by atoms with Gasteiger partial charge in [0.1, 0.15) is 18.3 Å². The average molecular weight is 398 g/mol. The van der Waals surface area contributed by atoms with E-state index in [9.17, 15) is 4.79 Å². The number of rotatable bonds is 6. The van der Waals surface area contributed by atoms with E-state index in [-0.39, 0.29) is 11.9 Å². The SMILES string of the molecule is C[C@@H](NC(=O)c1cc(C2CC2)nn1-c1ccccc1)c1ccc(-n2cncn2)cc1. The minimum atomic E-state index is -0.147. The minimum absolute atomic E-state index is 0.133. The van der Waals surface area contributed by atoms with Crippen LogP contribution in [0, 0.1) is 0 Å². The van der Waals surface area contributed by atoms with Crippen molar-refractivity contribution in [1.29, 1.82) is 0 Å². The fraction of sp³-hybridized carbons (Fsp3) is 0.217. The number of nitrogens with zero attached hydrogens (tertiary/aromatic N) is 5. The molecule has 30 heavy (non-hydrogen) atoms. The number of amides is 1. The molecule has 5 rings (SSSR count). The molecule has 2 aromatic heterocycles. The van der Waals surface area contributed by atoms with Gasteiger partial charge in [0, 0.05) is 5.92 Å². The van der Waals surface area contributed by atoms with E-state index in [4.69, 9.17) is 5.10 Å². The van der Waals surface area contributed by atoms with Gasteiger partial charge in [-0.2, -0.15) is 10.2 Å². The second-order valence-corrected chi connectivity index (χ2v) is 7.60.